The van der Waals surface area contributed by atoms with Crippen LogP contribution in [0.4, 0.5) is 13.2 Å². The lowest BCUT2D eigenvalue weighted by Gasteiger charge is -2.11. The molecule has 0 spiro atoms. The summed E-state index contributed by atoms with van der Waals surface area (Å²) in [5, 5.41) is 13.7. The molecule has 0 unspecified atom stereocenters. The van der Waals surface area contributed by atoms with Crippen LogP contribution in [-0.4, -0.2) is 24.4 Å². The van der Waals surface area contributed by atoms with Crippen LogP contribution in [0, 0.1) is 24.4 Å². The summed E-state index contributed by atoms with van der Waals surface area (Å²) in [5.74, 6) is -2.37. The lowest BCUT2D eigenvalue weighted by molar-refractivity contribution is 0.461. The first kappa shape index (κ1) is 16.2. The highest BCUT2D eigenvalue weighted by Gasteiger charge is 2.24. The molecular formula is C18H13F3N4O. The highest BCUT2D eigenvalue weighted by molar-refractivity contribution is 5.82. The van der Waals surface area contributed by atoms with Gasteiger partial charge in [0.05, 0.1) is 27.9 Å². The first-order valence-electron chi connectivity index (χ1n) is 7.71. The van der Waals surface area contributed by atoms with E-state index in [1.54, 1.807) is 18.5 Å². The minimum Gasteiger partial charge on any atom is -0.508 e. The van der Waals surface area contributed by atoms with E-state index in [1.165, 1.54) is 29.2 Å². The van der Waals surface area contributed by atoms with Crippen LogP contribution < -0.4 is 0 Å². The third-order valence-corrected chi connectivity index (χ3v) is 4.21. The van der Waals surface area contributed by atoms with Crippen molar-refractivity contribution in [2.24, 2.45) is 7.05 Å². The van der Waals surface area contributed by atoms with Gasteiger partial charge in [-0.3, -0.25) is 9.25 Å². The van der Waals surface area contributed by atoms with Gasteiger partial charge in [0.15, 0.2) is 0 Å². The summed E-state index contributed by atoms with van der Waals surface area (Å²) < 4.78 is 45.4. The summed E-state index contributed by atoms with van der Waals surface area (Å²) in [6.45, 7) is 1.63. The maximum absolute atomic E-state index is 14.5. The Morgan fingerprint density at radius 1 is 1.00 bits per heavy atom. The molecule has 0 aliphatic heterocycles. The van der Waals surface area contributed by atoms with Crippen molar-refractivity contribution in [1.29, 1.82) is 0 Å². The van der Waals surface area contributed by atoms with Crippen molar-refractivity contribution < 1.29 is 18.3 Å². The third-order valence-electron chi connectivity index (χ3n) is 4.21. The van der Waals surface area contributed by atoms with E-state index in [4.69, 9.17) is 0 Å². The fourth-order valence-electron chi connectivity index (χ4n) is 3.17. The van der Waals surface area contributed by atoms with Crippen molar-refractivity contribution in [2.45, 2.75) is 6.92 Å². The number of aromatic nitrogens is 4. The SMILES string of the molecule is Cc1nn(C)c(-n2cnc3cc(F)ccc32)c1-c1c(F)cc(O)cc1F. The van der Waals surface area contributed by atoms with Crippen molar-refractivity contribution >= 4 is 11.0 Å². The molecule has 26 heavy (non-hydrogen) atoms. The van der Waals surface area contributed by atoms with Crippen molar-refractivity contribution in [3.05, 3.63) is 59.8 Å². The summed E-state index contributed by atoms with van der Waals surface area (Å²) in [7, 11) is 1.64. The van der Waals surface area contributed by atoms with Crippen LogP contribution in [0.15, 0.2) is 36.7 Å². The first-order chi connectivity index (χ1) is 12.4. The maximum atomic E-state index is 14.5. The molecule has 0 aliphatic rings. The van der Waals surface area contributed by atoms with E-state index in [-0.39, 0.29) is 11.1 Å². The average molecular weight is 358 g/mol. The molecule has 0 saturated heterocycles. The predicted molar refractivity (Wildman–Crippen MR) is 89.5 cm³/mol. The van der Waals surface area contributed by atoms with Gasteiger partial charge in [-0.05, 0) is 19.1 Å². The van der Waals surface area contributed by atoms with Gasteiger partial charge >= 0.3 is 0 Å². The molecule has 0 radical (unpaired) electrons. The van der Waals surface area contributed by atoms with Crippen LogP contribution in [0.3, 0.4) is 0 Å². The van der Waals surface area contributed by atoms with E-state index in [1.807, 2.05) is 0 Å². The maximum Gasteiger partial charge on any atom is 0.144 e. The molecule has 4 aromatic rings. The van der Waals surface area contributed by atoms with Crippen molar-refractivity contribution in [2.75, 3.05) is 0 Å². The van der Waals surface area contributed by atoms with Crippen LogP contribution in [0.2, 0.25) is 0 Å². The molecule has 0 atom stereocenters. The second-order valence-corrected chi connectivity index (χ2v) is 5.94. The van der Waals surface area contributed by atoms with Gasteiger partial charge in [-0.15, -0.1) is 0 Å². The smallest absolute Gasteiger partial charge is 0.144 e. The summed E-state index contributed by atoms with van der Waals surface area (Å²) in [5.41, 5.74) is 1.30. The number of fused-ring (bicyclic) bond motifs is 1. The molecule has 5 nitrogen and oxygen atoms in total. The number of phenols is 1. The molecule has 2 aromatic carbocycles. The number of aryl methyl sites for hydroxylation is 2. The molecule has 0 aliphatic carbocycles. The number of rotatable bonds is 2. The Morgan fingerprint density at radius 3 is 2.38 bits per heavy atom. The lowest BCUT2D eigenvalue weighted by atomic mass is 10.0. The van der Waals surface area contributed by atoms with Crippen LogP contribution in [0.1, 0.15) is 5.69 Å². The van der Waals surface area contributed by atoms with Crippen molar-refractivity contribution in [3.8, 4) is 22.7 Å². The first-order valence-corrected chi connectivity index (χ1v) is 7.71. The molecule has 2 aromatic heterocycles. The number of nitrogens with zero attached hydrogens (tertiary/aromatic N) is 4. The molecule has 0 fully saturated rings. The zero-order valence-electron chi connectivity index (χ0n) is 13.8. The van der Waals surface area contributed by atoms with E-state index in [0.29, 0.717) is 22.5 Å². The van der Waals surface area contributed by atoms with Crippen LogP contribution >= 0.6 is 0 Å². The van der Waals surface area contributed by atoms with Gasteiger partial charge in [-0.2, -0.15) is 5.10 Å². The highest BCUT2D eigenvalue weighted by Crippen LogP contribution is 2.36. The molecule has 0 saturated carbocycles. The van der Waals surface area contributed by atoms with E-state index < -0.39 is 23.2 Å². The average Bonchev–Trinajstić information content (AvgIpc) is 3.07. The topological polar surface area (TPSA) is 55.9 Å². The standard InChI is InChI=1S/C18H13F3N4O/c1-9-16(17-12(20)6-11(26)7-13(17)21)18(24(2)23-9)25-8-22-14-5-10(19)3-4-15(14)25/h3-8,26H,1-2H3. The molecular weight excluding hydrogens is 345 g/mol. The third kappa shape index (κ3) is 2.33. The second kappa shape index (κ2) is 5.62. The largest absolute Gasteiger partial charge is 0.508 e. The van der Waals surface area contributed by atoms with Gasteiger partial charge in [0, 0.05) is 25.2 Å². The summed E-state index contributed by atoms with van der Waals surface area (Å²) in [6.07, 6.45) is 1.44. The number of benzene rings is 2. The Hall–Kier alpha value is -3.29. The minimum absolute atomic E-state index is 0.228. The Bertz CT molecular complexity index is 1140. The van der Waals surface area contributed by atoms with Crippen LogP contribution in [0.5, 0.6) is 5.75 Å². The van der Waals surface area contributed by atoms with Gasteiger partial charge in [-0.1, -0.05) is 0 Å². The fraction of sp³-hybridized carbons (Fsp3) is 0.111. The van der Waals surface area contributed by atoms with Gasteiger partial charge in [0.1, 0.15) is 35.3 Å². The monoisotopic (exact) mass is 358 g/mol. The van der Waals surface area contributed by atoms with Gasteiger partial charge in [0.2, 0.25) is 0 Å². The predicted octanol–water partition coefficient (Wildman–Crippen LogP) is 3.86. The lowest BCUT2D eigenvalue weighted by Crippen LogP contribution is -2.04. The Morgan fingerprint density at radius 2 is 1.69 bits per heavy atom. The molecule has 8 heteroatoms. The number of halogens is 3. The summed E-state index contributed by atoms with van der Waals surface area (Å²) in [6, 6.07) is 5.78. The molecule has 0 bridgehead atoms. The zero-order chi connectivity index (χ0) is 18.6. The molecule has 2 heterocycles. The summed E-state index contributed by atoms with van der Waals surface area (Å²) in [4.78, 5) is 4.15. The minimum atomic E-state index is -0.907. The number of aromatic hydroxyl groups is 1. The Balaban J connectivity index is 2.06. The number of hydrogen-bond acceptors (Lipinski definition) is 3. The zero-order valence-corrected chi connectivity index (χ0v) is 13.8. The van der Waals surface area contributed by atoms with Crippen molar-refractivity contribution in [3.63, 3.8) is 0 Å². The molecule has 132 valence electrons. The van der Waals surface area contributed by atoms with E-state index in [2.05, 4.69) is 10.1 Å². The van der Waals surface area contributed by atoms with E-state index in [0.717, 1.165) is 12.1 Å². The molecule has 0 amide bonds. The number of imidazole rings is 1. The number of hydrogen-bond donors (Lipinski definition) is 1. The highest BCUT2D eigenvalue weighted by atomic mass is 19.1. The van der Waals surface area contributed by atoms with Crippen LogP contribution in [0.25, 0.3) is 28.0 Å². The van der Waals surface area contributed by atoms with E-state index >= 15 is 0 Å². The normalized spacial score (nSPS) is 11.4. The quantitative estimate of drug-likeness (QED) is 0.592. The Kier molecular flexibility index (Phi) is 3.50. The second-order valence-electron chi connectivity index (χ2n) is 5.94. The van der Waals surface area contributed by atoms with Crippen LogP contribution in [-0.2, 0) is 7.05 Å². The molecule has 1 N–H and O–H groups in total. The molecule has 4 rings (SSSR count). The van der Waals surface area contributed by atoms with Gasteiger partial charge in [-0.25, -0.2) is 18.2 Å². The van der Waals surface area contributed by atoms with Gasteiger partial charge < -0.3 is 5.11 Å². The Labute approximate surface area is 145 Å². The fourth-order valence-corrected chi connectivity index (χ4v) is 3.17. The van der Waals surface area contributed by atoms with Gasteiger partial charge in [0.25, 0.3) is 0 Å². The number of phenolic OH excluding ortho intramolecular Hbond substituents is 1. The van der Waals surface area contributed by atoms with Crippen molar-refractivity contribution in [1.82, 2.24) is 19.3 Å². The summed E-state index contributed by atoms with van der Waals surface area (Å²) >= 11 is 0. The van der Waals surface area contributed by atoms with E-state index in [9.17, 15) is 18.3 Å².